The molecule has 2 N–H and O–H groups in total. The van der Waals surface area contributed by atoms with Crippen molar-refractivity contribution in [1.29, 1.82) is 0 Å². The van der Waals surface area contributed by atoms with E-state index in [1.807, 2.05) is 0 Å². The van der Waals surface area contributed by atoms with Gasteiger partial charge in [-0.05, 0) is 29.5 Å². The van der Waals surface area contributed by atoms with E-state index < -0.39 is 6.23 Å². The summed E-state index contributed by atoms with van der Waals surface area (Å²) in [4.78, 5) is 12.0. The maximum absolute atomic E-state index is 12.0. The predicted molar refractivity (Wildman–Crippen MR) is 87.8 cm³/mol. The van der Waals surface area contributed by atoms with Gasteiger partial charge in [0.2, 0.25) is 0 Å². The monoisotopic (exact) mass is 375 g/mol. The van der Waals surface area contributed by atoms with Gasteiger partial charge in [0.1, 0.15) is 18.9 Å². The summed E-state index contributed by atoms with van der Waals surface area (Å²) in [7, 11) is 1.67. The molecule has 2 aromatic rings. The van der Waals surface area contributed by atoms with E-state index in [9.17, 15) is 9.90 Å². The van der Waals surface area contributed by atoms with Crippen molar-refractivity contribution in [2.75, 3.05) is 13.6 Å². The normalized spacial score (nSPS) is 23.8. The molecule has 2 amide bonds. The molecule has 1 fully saturated rings. The average Bonchev–Trinajstić information content (AvgIpc) is 3.04. The van der Waals surface area contributed by atoms with Crippen LogP contribution >= 0.6 is 34.5 Å². The van der Waals surface area contributed by atoms with E-state index in [0.29, 0.717) is 25.9 Å². The van der Waals surface area contributed by atoms with E-state index in [0.717, 1.165) is 0 Å². The van der Waals surface area contributed by atoms with Gasteiger partial charge < -0.3 is 9.84 Å². The lowest BCUT2D eigenvalue weighted by atomic mass is 10.3. The number of urea groups is 1. The summed E-state index contributed by atoms with van der Waals surface area (Å²) in [5.41, 5.74) is 0. The molecule has 23 heavy (non-hydrogen) atoms. The molecule has 0 bridgehead atoms. The molecule has 1 aromatic carbocycles. The van der Waals surface area contributed by atoms with Crippen LogP contribution in [0.5, 0.6) is 5.75 Å². The van der Waals surface area contributed by atoms with Crippen molar-refractivity contribution in [3.05, 3.63) is 33.3 Å². The summed E-state index contributed by atoms with van der Waals surface area (Å²) in [6, 6.07) is 4.62. The van der Waals surface area contributed by atoms with Crippen LogP contribution in [0.2, 0.25) is 10.0 Å². The zero-order valence-electron chi connectivity index (χ0n) is 12.0. The number of nitrogens with one attached hydrogen (secondary N) is 1. The molecular formula is C13H13Cl2N4O3S+. The van der Waals surface area contributed by atoms with Crippen LogP contribution in [0.4, 0.5) is 9.93 Å². The number of amides is 2. The highest BCUT2D eigenvalue weighted by atomic mass is 35.5. The van der Waals surface area contributed by atoms with Gasteiger partial charge in [-0.1, -0.05) is 28.3 Å². The summed E-state index contributed by atoms with van der Waals surface area (Å²) in [6.07, 6.45) is -0.885. The third-order valence-electron chi connectivity index (χ3n) is 3.40. The highest BCUT2D eigenvalue weighted by molar-refractivity contribution is 7.15. The van der Waals surface area contributed by atoms with E-state index >= 15 is 0 Å². The number of halogens is 2. The molecule has 0 saturated carbocycles. The summed E-state index contributed by atoms with van der Waals surface area (Å²) < 4.78 is 5.46. The van der Waals surface area contributed by atoms with Crippen molar-refractivity contribution >= 4 is 45.7 Å². The largest absolute Gasteiger partial charge is 0.485 e. The number of benzene rings is 1. The number of ether oxygens (including phenoxy) is 1. The molecule has 1 aliphatic rings. The molecule has 2 heterocycles. The van der Waals surface area contributed by atoms with Crippen molar-refractivity contribution in [3.8, 4) is 5.75 Å². The lowest BCUT2D eigenvalue weighted by molar-refractivity contribution is 0.164. The van der Waals surface area contributed by atoms with Crippen molar-refractivity contribution in [3.63, 3.8) is 0 Å². The zero-order valence-corrected chi connectivity index (χ0v) is 14.3. The predicted octanol–water partition coefficient (Wildman–Crippen LogP) is 2.40. The van der Waals surface area contributed by atoms with Crippen molar-refractivity contribution < 1.29 is 14.6 Å². The summed E-state index contributed by atoms with van der Waals surface area (Å²) in [6.45, 7) is 0.376. The first kappa shape index (κ1) is 16.4. The summed E-state index contributed by atoms with van der Waals surface area (Å²) in [5.74, 6) is 0.488. The molecule has 1 aliphatic heterocycles. The number of hydrogen-bond donors (Lipinski definition) is 2. The van der Waals surface area contributed by atoms with Gasteiger partial charge in [-0.2, -0.15) is 4.48 Å². The smallest absolute Gasteiger partial charge is 0.425 e. The van der Waals surface area contributed by atoms with Crippen LogP contribution in [0.25, 0.3) is 0 Å². The molecule has 0 radical (unpaired) electrons. The Morgan fingerprint density at radius 3 is 2.91 bits per heavy atom. The molecule has 3 rings (SSSR count). The van der Waals surface area contributed by atoms with Gasteiger partial charge in [-0.15, -0.1) is 5.10 Å². The first-order valence-electron chi connectivity index (χ1n) is 6.64. The Bertz CT molecular complexity index is 757. The van der Waals surface area contributed by atoms with E-state index in [-0.39, 0.29) is 23.7 Å². The van der Waals surface area contributed by atoms with E-state index in [2.05, 4.69) is 15.5 Å². The summed E-state index contributed by atoms with van der Waals surface area (Å²) in [5, 5.41) is 22.1. The number of carbonyl (C=O) groups excluding carboxylic acids is 1. The Labute approximate surface area is 146 Å². The van der Waals surface area contributed by atoms with E-state index in [1.54, 1.807) is 25.2 Å². The Kier molecular flexibility index (Phi) is 4.43. The van der Waals surface area contributed by atoms with Gasteiger partial charge in [0.25, 0.3) is 0 Å². The highest BCUT2D eigenvalue weighted by Gasteiger charge is 2.47. The Balaban J connectivity index is 1.71. The molecule has 122 valence electrons. The average molecular weight is 376 g/mol. The van der Waals surface area contributed by atoms with Gasteiger partial charge in [0.05, 0.1) is 12.1 Å². The number of hydrogen-bond acceptors (Lipinski definition) is 6. The van der Waals surface area contributed by atoms with Crippen LogP contribution in [-0.4, -0.2) is 41.2 Å². The van der Waals surface area contributed by atoms with Gasteiger partial charge in [-0.3, -0.25) is 5.32 Å². The minimum Gasteiger partial charge on any atom is -0.485 e. The third kappa shape index (κ3) is 3.26. The molecule has 2 unspecified atom stereocenters. The van der Waals surface area contributed by atoms with E-state index in [1.165, 1.54) is 11.3 Å². The molecule has 10 heteroatoms. The first-order chi connectivity index (χ1) is 10.9. The van der Waals surface area contributed by atoms with Crippen molar-refractivity contribution in [1.82, 2.24) is 20.0 Å². The Morgan fingerprint density at radius 2 is 2.26 bits per heavy atom. The van der Waals surface area contributed by atoms with Crippen LogP contribution in [0.1, 0.15) is 5.01 Å². The minimum absolute atomic E-state index is 0.138. The standard InChI is InChI=1S/C13H12Cl2N4O3S/c1-19(5-10(20)16-12(19)21)13-18-17-11(23-13)6-22-9-3-2-7(14)4-8(9)15/h2-4,10,20H,5-6H2,1H3/p+1. The van der Waals surface area contributed by atoms with E-state index in [4.69, 9.17) is 27.9 Å². The maximum atomic E-state index is 12.0. The van der Waals surface area contributed by atoms with Crippen LogP contribution in [-0.2, 0) is 6.61 Å². The maximum Gasteiger partial charge on any atom is 0.425 e. The van der Waals surface area contributed by atoms with Gasteiger partial charge in [-0.25, -0.2) is 4.79 Å². The fraction of sp³-hybridized carbons (Fsp3) is 0.308. The number of likely N-dealkylation sites (N-methyl/N-ethyl adjacent to an activating group) is 1. The molecule has 0 spiro atoms. The quantitative estimate of drug-likeness (QED) is 0.801. The minimum atomic E-state index is -0.885. The SMILES string of the molecule is C[N+]1(c2nnc(COc3ccc(Cl)cc3Cl)s2)CC(O)NC1=O. The van der Waals surface area contributed by atoms with Gasteiger partial charge in [0.15, 0.2) is 11.2 Å². The summed E-state index contributed by atoms with van der Waals surface area (Å²) >= 11 is 13.1. The Morgan fingerprint density at radius 1 is 1.48 bits per heavy atom. The number of aromatic nitrogens is 2. The number of rotatable bonds is 4. The number of carbonyl (C=O) groups is 1. The number of nitrogens with zero attached hydrogens (tertiary/aromatic N) is 3. The molecule has 2 atom stereocenters. The number of aliphatic hydroxyl groups is 1. The fourth-order valence-corrected chi connectivity index (χ4v) is 3.47. The topological polar surface area (TPSA) is 84.3 Å². The highest BCUT2D eigenvalue weighted by Crippen LogP contribution is 2.31. The second-order valence-electron chi connectivity index (χ2n) is 5.18. The third-order valence-corrected chi connectivity index (χ3v) is 5.03. The van der Waals surface area contributed by atoms with Crippen LogP contribution in [0.3, 0.4) is 0 Å². The van der Waals surface area contributed by atoms with Crippen molar-refractivity contribution in [2.45, 2.75) is 12.8 Å². The molecule has 7 nitrogen and oxygen atoms in total. The Hall–Kier alpha value is -1.45. The molecule has 0 aliphatic carbocycles. The van der Waals surface area contributed by atoms with Crippen LogP contribution in [0.15, 0.2) is 18.2 Å². The lowest BCUT2D eigenvalue weighted by Crippen LogP contribution is -2.47. The number of quaternary nitrogens is 1. The fourth-order valence-electron chi connectivity index (χ4n) is 2.16. The first-order valence-corrected chi connectivity index (χ1v) is 8.21. The zero-order chi connectivity index (χ0) is 16.6. The van der Waals surface area contributed by atoms with Gasteiger partial charge >= 0.3 is 11.2 Å². The number of aliphatic hydroxyl groups excluding tert-OH is 1. The second kappa shape index (κ2) is 6.21. The molecular weight excluding hydrogens is 363 g/mol. The van der Waals surface area contributed by atoms with Crippen LogP contribution < -0.4 is 14.5 Å². The van der Waals surface area contributed by atoms with Crippen molar-refractivity contribution in [2.24, 2.45) is 0 Å². The van der Waals surface area contributed by atoms with Crippen LogP contribution in [0, 0.1) is 0 Å². The molecule has 1 aromatic heterocycles. The molecule has 1 saturated heterocycles. The second-order valence-corrected chi connectivity index (χ2v) is 7.07. The van der Waals surface area contributed by atoms with Gasteiger partial charge in [0, 0.05) is 5.02 Å². The lowest BCUT2D eigenvalue weighted by Gasteiger charge is -2.18.